The van der Waals surface area contributed by atoms with Crippen molar-refractivity contribution in [2.24, 2.45) is 5.92 Å². The topological polar surface area (TPSA) is 76.2 Å². The maximum Gasteiger partial charge on any atom is 0.334 e. The second-order valence-electron chi connectivity index (χ2n) is 9.23. The largest absolute Gasteiger partial charge is 0.334 e. The van der Waals surface area contributed by atoms with E-state index in [-0.39, 0.29) is 36.9 Å². The van der Waals surface area contributed by atoms with Crippen molar-refractivity contribution in [2.45, 2.75) is 45.6 Å². The molecular formula is C26H32ClN5O3. The Labute approximate surface area is 211 Å². The molecule has 2 saturated heterocycles. The van der Waals surface area contributed by atoms with Crippen molar-refractivity contribution in [1.29, 1.82) is 0 Å². The van der Waals surface area contributed by atoms with E-state index in [1.54, 1.807) is 32.9 Å². The van der Waals surface area contributed by atoms with E-state index in [0.717, 1.165) is 17.5 Å². The fraction of sp³-hybridized carbons (Fsp3) is 0.423. The second kappa shape index (κ2) is 10.7. The number of rotatable bonds is 6. The highest BCUT2D eigenvalue weighted by Crippen LogP contribution is 2.31. The molecule has 3 atom stereocenters. The first-order valence-corrected chi connectivity index (χ1v) is 12.3. The Morgan fingerprint density at radius 1 is 1.11 bits per heavy atom. The molecule has 0 bridgehead atoms. The second-order valence-corrected chi connectivity index (χ2v) is 9.63. The van der Waals surface area contributed by atoms with Crippen LogP contribution in [0, 0.1) is 5.92 Å². The van der Waals surface area contributed by atoms with Gasteiger partial charge in [-0.2, -0.15) is 0 Å². The van der Waals surface area contributed by atoms with E-state index in [1.165, 1.54) is 0 Å². The quantitative estimate of drug-likeness (QED) is 0.664. The molecule has 35 heavy (non-hydrogen) atoms. The molecule has 2 fully saturated rings. The van der Waals surface area contributed by atoms with Gasteiger partial charge >= 0.3 is 6.03 Å². The van der Waals surface area contributed by atoms with Gasteiger partial charge in [-0.05, 0) is 23.1 Å². The Balaban J connectivity index is 1.64. The van der Waals surface area contributed by atoms with Gasteiger partial charge in [0.1, 0.15) is 12.2 Å². The lowest BCUT2D eigenvalue weighted by Crippen LogP contribution is -2.76. The van der Waals surface area contributed by atoms with Gasteiger partial charge in [-0.1, -0.05) is 80.4 Å². The Kier molecular flexibility index (Phi) is 7.62. The van der Waals surface area contributed by atoms with Crippen molar-refractivity contribution in [3.05, 3.63) is 70.7 Å². The van der Waals surface area contributed by atoms with Crippen LogP contribution < -0.4 is 5.32 Å². The number of piperazine rings is 1. The van der Waals surface area contributed by atoms with Gasteiger partial charge in [0.2, 0.25) is 11.8 Å². The zero-order valence-corrected chi connectivity index (χ0v) is 21.1. The summed E-state index contributed by atoms with van der Waals surface area (Å²) in [6.45, 7) is 4.88. The van der Waals surface area contributed by atoms with Crippen molar-refractivity contribution in [1.82, 2.24) is 25.1 Å². The number of nitrogens with zero attached hydrogens (tertiary/aromatic N) is 4. The van der Waals surface area contributed by atoms with Crippen LogP contribution in [0.15, 0.2) is 54.6 Å². The van der Waals surface area contributed by atoms with Crippen molar-refractivity contribution in [3.63, 3.8) is 0 Å². The molecule has 8 nitrogen and oxygen atoms in total. The number of halogens is 1. The molecule has 2 heterocycles. The molecule has 0 aliphatic carbocycles. The fourth-order valence-electron chi connectivity index (χ4n) is 4.82. The monoisotopic (exact) mass is 497 g/mol. The molecule has 4 amide bonds. The zero-order chi connectivity index (χ0) is 25.1. The van der Waals surface area contributed by atoms with Gasteiger partial charge in [-0.15, -0.1) is 0 Å². The van der Waals surface area contributed by atoms with E-state index < -0.39 is 12.2 Å². The molecule has 2 aromatic rings. The minimum atomic E-state index is -0.646. The highest BCUT2D eigenvalue weighted by molar-refractivity contribution is 6.31. The average molecular weight is 498 g/mol. The Morgan fingerprint density at radius 2 is 1.80 bits per heavy atom. The van der Waals surface area contributed by atoms with E-state index in [9.17, 15) is 14.4 Å². The number of hydrogen-bond donors (Lipinski definition) is 1. The van der Waals surface area contributed by atoms with Gasteiger partial charge < -0.3 is 15.1 Å². The third-order valence-electron chi connectivity index (χ3n) is 6.87. The number of amides is 4. The minimum absolute atomic E-state index is 0.0278. The number of carbonyl (C=O) groups excluding carboxylic acids is 3. The van der Waals surface area contributed by atoms with E-state index in [2.05, 4.69) is 5.32 Å². The summed E-state index contributed by atoms with van der Waals surface area (Å²) in [6, 6.07) is 16.1. The van der Waals surface area contributed by atoms with E-state index in [4.69, 9.17) is 11.6 Å². The molecule has 186 valence electrons. The summed E-state index contributed by atoms with van der Waals surface area (Å²) in [4.78, 5) is 43.6. The van der Waals surface area contributed by atoms with Gasteiger partial charge in [-0.3, -0.25) is 9.59 Å². The van der Waals surface area contributed by atoms with Crippen LogP contribution in [0.4, 0.5) is 4.79 Å². The maximum absolute atomic E-state index is 13.7. The average Bonchev–Trinajstić information content (AvgIpc) is 2.85. The molecule has 0 aromatic heterocycles. The number of hydrogen-bond acceptors (Lipinski definition) is 4. The van der Waals surface area contributed by atoms with Gasteiger partial charge in [0.05, 0.1) is 13.1 Å². The lowest BCUT2D eigenvalue weighted by molar-refractivity contribution is -0.190. The standard InChI is InChI=1S/C26H32ClN5O3/c1-4-18(2)24-25(34)30(15-20-12-8-9-13-21(20)27)16-22-31(24)23(33)17-29(3)32(22)26(35)28-14-19-10-6-5-7-11-19/h5-13,18,22,24H,4,14-17H2,1-3H3,(H,28,35)/t18?,22-,24-/m0/s1. The SMILES string of the molecule is CCC(C)[C@H]1C(=O)N(Cc2ccccc2Cl)C[C@H]2N1C(=O)CN(C)N2C(=O)NCc1ccccc1. The molecule has 9 heteroatoms. The first-order chi connectivity index (χ1) is 16.8. The zero-order valence-electron chi connectivity index (χ0n) is 20.4. The Morgan fingerprint density at radius 3 is 2.49 bits per heavy atom. The molecule has 2 aromatic carbocycles. The molecule has 2 aliphatic rings. The van der Waals surface area contributed by atoms with Crippen LogP contribution in [-0.4, -0.2) is 70.0 Å². The number of carbonyl (C=O) groups is 3. The Hall–Kier alpha value is -3.10. The molecule has 1 unspecified atom stereocenters. The molecule has 1 N–H and O–H groups in total. The number of hydrazine groups is 1. The fourth-order valence-corrected chi connectivity index (χ4v) is 5.02. The summed E-state index contributed by atoms with van der Waals surface area (Å²) < 4.78 is 0. The highest BCUT2D eigenvalue weighted by atomic mass is 35.5. The van der Waals surface area contributed by atoms with Gasteiger partial charge in [0.15, 0.2) is 0 Å². The smallest absolute Gasteiger partial charge is 0.333 e. The summed E-state index contributed by atoms with van der Waals surface area (Å²) in [5, 5.41) is 6.77. The first-order valence-electron chi connectivity index (χ1n) is 12.0. The number of fused-ring (bicyclic) bond motifs is 1. The third-order valence-corrected chi connectivity index (χ3v) is 7.24. The summed E-state index contributed by atoms with van der Waals surface area (Å²) in [7, 11) is 1.73. The molecule has 0 saturated carbocycles. The van der Waals surface area contributed by atoms with Crippen molar-refractivity contribution in [2.75, 3.05) is 20.1 Å². The lowest BCUT2D eigenvalue weighted by atomic mass is 9.92. The molecular weight excluding hydrogens is 466 g/mol. The third kappa shape index (κ3) is 5.13. The predicted molar refractivity (Wildman–Crippen MR) is 134 cm³/mol. The maximum atomic E-state index is 13.7. The first kappa shape index (κ1) is 25.0. The number of likely N-dealkylation sites (N-methyl/N-ethyl adjacent to an activating group) is 1. The minimum Gasteiger partial charge on any atom is -0.333 e. The van der Waals surface area contributed by atoms with E-state index in [0.29, 0.717) is 18.1 Å². The summed E-state index contributed by atoms with van der Waals surface area (Å²) in [5.41, 5.74) is 1.81. The lowest BCUT2D eigenvalue weighted by Gasteiger charge is -2.55. The van der Waals surface area contributed by atoms with E-state index in [1.807, 2.05) is 62.4 Å². The molecule has 0 radical (unpaired) electrons. The van der Waals surface area contributed by atoms with Crippen LogP contribution >= 0.6 is 11.6 Å². The number of benzene rings is 2. The van der Waals surface area contributed by atoms with Crippen molar-refractivity contribution < 1.29 is 14.4 Å². The van der Waals surface area contributed by atoms with Crippen molar-refractivity contribution >= 4 is 29.4 Å². The van der Waals surface area contributed by atoms with Crippen LogP contribution in [0.3, 0.4) is 0 Å². The number of urea groups is 1. The van der Waals surface area contributed by atoms with Crippen LogP contribution in [-0.2, 0) is 22.7 Å². The van der Waals surface area contributed by atoms with Gasteiger partial charge in [0.25, 0.3) is 0 Å². The molecule has 2 aliphatic heterocycles. The number of nitrogens with one attached hydrogen (secondary N) is 1. The van der Waals surface area contributed by atoms with Gasteiger partial charge in [0, 0.05) is 25.2 Å². The van der Waals surface area contributed by atoms with Crippen molar-refractivity contribution in [3.8, 4) is 0 Å². The van der Waals surface area contributed by atoms with Crippen LogP contribution in [0.25, 0.3) is 0 Å². The van der Waals surface area contributed by atoms with E-state index >= 15 is 0 Å². The molecule has 4 rings (SSSR count). The predicted octanol–water partition coefficient (Wildman–Crippen LogP) is 3.32. The summed E-state index contributed by atoms with van der Waals surface area (Å²) >= 11 is 6.39. The van der Waals surface area contributed by atoms with Crippen LogP contribution in [0.5, 0.6) is 0 Å². The normalized spacial score (nSPS) is 21.7. The summed E-state index contributed by atoms with van der Waals surface area (Å²) in [5.74, 6) is -0.334. The van der Waals surface area contributed by atoms with Crippen LogP contribution in [0.1, 0.15) is 31.4 Å². The molecule has 0 spiro atoms. The Bertz CT molecular complexity index is 1080. The summed E-state index contributed by atoms with van der Waals surface area (Å²) in [6.07, 6.45) is 0.110. The van der Waals surface area contributed by atoms with Gasteiger partial charge in [-0.25, -0.2) is 14.8 Å². The highest BCUT2D eigenvalue weighted by Gasteiger charge is 2.51. The van der Waals surface area contributed by atoms with Crippen LogP contribution in [0.2, 0.25) is 5.02 Å².